The molecular weight excluding hydrogens is 270 g/mol. The number of nitrogens with one attached hydrogen (secondary N) is 2. The van der Waals surface area contributed by atoms with Gasteiger partial charge in [-0.05, 0) is 31.9 Å². The summed E-state index contributed by atoms with van der Waals surface area (Å²) in [6.45, 7) is 3.57. The van der Waals surface area contributed by atoms with Crippen LogP contribution >= 0.6 is 0 Å². The highest BCUT2D eigenvalue weighted by atomic mass is 16.4. The molecule has 116 valence electrons. The van der Waals surface area contributed by atoms with Crippen molar-refractivity contribution in [2.75, 3.05) is 11.1 Å². The lowest BCUT2D eigenvalue weighted by Crippen LogP contribution is -2.36. The highest BCUT2D eigenvalue weighted by Crippen LogP contribution is 2.16. The number of amides is 2. The zero-order valence-corrected chi connectivity index (χ0v) is 12.4. The number of para-hydroxylation sites is 2. The Morgan fingerprint density at radius 3 is 2.52 bits per heavy atom. The van der Waals surface area contributed by atoms with Crippen LogP contribution in [-0.2, 0) is 4.79 Å². The minimum atomic E-state index is -0.784. The van der Waals surface area contributed by atoms with Crippen LogP contribution in [0.5, 0.6) is 0 Å². The maximum atomic E-state index is 11.8. The van der Waals surface area contributed by atoms with Crippen LogP contribution < -0.4 is 16.4 Å². The predicted molar refractivity (Wildman–Crippen MR) is 83.1 cm³/mol. The monoisotopic (exact) mass is 293 g/mol. The van der Waals surface area contributed by atoms with Crippen molar-refractivity contribution in [3.8, 4) is 0 Å². The number of nitrogens with two attached hydrogens (primary N) is 1. The van der Waals surface area contributed by atoms with Gasteiger partial charge in [-0.2, -0.15) is 0 Å². The molecule has 2 atom stereocenters. The Morgan fingerprint density at radius 1 is 1.24 bits per heavy atom. The fraction of sp³-hybridized carbons (Fsp3) is 0.467. The Bertz CT molecular complexity index is 491. The average molecular weight is 293 g/mol. The number of hydrogen-bond donors (Lipinski definition) is 4. The molecule has 5 N–H and O–H groups in total. The van der Waals surface area contributed by atoms with E-state index in [-0.39, 0.29) is 18.0 Å². The lowest BCUT2D eigenvalue weighted by atomic mass is 10.0. The highest BCUT2D eigenvalue weighted by molar-refractivity contribution is 5.92. The standard InChI is InChI=1S/C15H23N3O3/c1-10(14(19)20)6-5-7-11(2)17-15(21)18-13-9-4-3-8-12(13)16/h3-4,8-11H,5-7,16H2,1-2H3,(H,19,20)(H2,17,18,21). The normalized spacial score (nSPS) is 13.2. The Hall–Kier alpha value is -2.24. The van der Waals surface area contributed by atoms with Gasteiger partial charge in [0.1, 0.15) is 0 Å². The van der Waals surface area contributed by atoms with Gasteiger partial charge >= 0.3 is 12.0 Å². The first kappa shape index (κ1) is 16.8. The van der Waals surface area contributed by atoms with Crippen molar-refractivity contribution in [2.24, 2.45) is 5.92 Å². The van der Waals surface area contributed by atoms with Gasteiger partial charge in [0.05, 0.1) is 17.3 Å². The van der Waals surface area contributed by atoms with Gasteiger partial charge in [0.15, 0.2) is 0 Å². The molecule has 0 saturated carbocycles. The number of carboxylic acid groups (broad SMARTS) is 1. The molecule has 6 nitrogen and oxygen atoms in total. The molecule has 1 rings (SSSR count). The van der Waals surface area contributed by atoms with E-state index in [1.165, 1.54) is 0 Å². The summed E-state index contributed by atoms with van der Waals surface area (Å²) in [6, 6.07) is 6.69. The molecular formula is C15H23N3O3. The number of rotatable bonds is 7. The largest absolute Gasteiger partial charge is 0.481 e. The molecule has 0 fully saturated rings. The Balaban J connectivity index is 2.31. The number of carbonyl (C=O) groups excluding carboxylic acids is 1. The van der Waals surface area contributed by atoms with Crippen LogP contribution in [0.25, 0.3) is 0 Å². The molecule has 6 heteroatoms. The van der Waals surface area contributed by atoms with Gasteiger partial charge in [-0.3, -0.25) is 4.79 Å². The zero-order valence-electron chi connectivity index (χ0n) is 12.4. The molecule has 0 spiro atoms. The van der Waals surface area contributed by atoms with Crippen LogP contribution in [0, 0.1) is 5.92 Å². The number of urea groups is 1. The molecule has 21 heavy (non-hydrogen) atoms. The number of hydrogen-bond acceptors (Lipinski definition) is 3. The third-order valence-corrected chi connectivity index (χ3v) is 3.28. The zero-order chi connectivity index (χ0) is 15.8. The van der Waals surface area contributed by atoms with E-state index < -0.39 is 5.97 Å². The maximum absolute atomic E-state index is 11.8. The molecule has 2 unspecified atom stereocenters. The van der Waals surface area contributed by atoms with Gasteiger partial charge in [-0.1, -0.05) is 25.5 Å². The lowest BCUT2D eigenvalue weighted by Gasteiger charge is -2.16. The van der Waals surface area contributed by atoms with E-state index in [2.05, 4.69) is 10.6 Å². The van der Waals surface area contributed by atoms with Gasteiger partial charge in [0, 0.05) is 6.04 Å². The van der Waals surface area contributed by atoms with E-state index in [1.54, 1.807) is 31.2 Å². The summed E-state index contributed by atoms with van der Waals surface area (Å²) in [5, 5.41) is 14.3. The molecule has 1 aromatic rings. The van der Waals surface area contributed by atoms with Gasteiger partial charge in [0.2, 0.25) is 0 Å². The van der Waals surface area contributed by atoms with Crippen LogP contribution in [0.4, 0.5) is 16.2 Å². The summed E-state index contributed by atoms with van der Waals surface area (Å²) in [6.07, 6.45) is 2.09. The van der Waals surface area contributed by atoms with Gasteiger partial charge in [0.25, 0.3) is 0 Å². The van der Waals surface area contributed by atoms with Crippen molar-refractivity contribution in [3.05, 3.63) is 24.3 Å². The second kappa shape index (κ2) is 8.14. The number of carboxylic acids is 1. The fourth-order valence-electron chi connectivity index (χ4n) is 1.92. The van der Waals surface area contributed by atoms with Crippen molar-refractivity contribution < 1.29 is 14.7 Å². The summed E-state index contributed by atoms with van der Waals surface area (Å²) < 4.78 is 0. The lowest BCUT2D eigenvalue weighted by molar-refractivity contribution is -0.141. The average Bonchev–Trinajstić information content (AvgIpc) is 2.41. The van der Waals surface area contributed by atoms with E-state index in [0.29, 0.717) is 17.8 Å². The number of benzene rings is 1. The molecule has 0 heterocycles. The summed E-state index contributed by atoms with van der Waals surface area (Å²) in [5.41, 5.74) is 6.82. The van der Waals surface area contributed by atoms with Crippen molar-refractivity contribution in [1.29, 1.82) is 0 Å². The van der Waals surface area contributed by atoms with Crippen molar-refractivity contribution in [3.63, 3.8) is 0 Å². The quantitative estimate of drug-likeness (QED) is 0.580. The third-order valence-electron chi connectivity index (χ3n) is 3.28. The summed E-state index contributed by atoms with van der Waals surface area (Å²) in [5.74, 6) is -1.14. The van der Waals surface area contributed by atoms with Crippen LogP contribution in [0.15, 0.2) is 24.3 Å². The number of carbonyl (C=O) groups is 2. The highest BCUT2D eigenvalue weighted by Gasteiger charge is 2.12. The van der Waals surface area contributed by atoms with Crippen molar-refractivity contribution >= 4 is 23.4 Å². The predicted octanol–water partition coefficient (Wildman–Crippen LogP) is 2.67. The SMILES string of the molecule is CC(CCCC(C)C(=O)O)NC(=O)Nc1ccccc1N. The number of aliphatic carboxylic acids is 1. The molecule has 2 amide bonds. The van der Waals surface area contributed by atoms with E-state index in [0.717, 1.165) is 12.8 Å². The minimum absolute atomic E-state index is 0.0315. The molecule has 0 bridgehead atoms. The number of anilines is 2. The van der Waals surface area contributed by atoms with E-state index >= 15 is 0 Å². The number of nitrogen functional groups attached to an aromatic ring is 1. The van der Waals surface area contributed by atoms with Crippen molar-refractivity contribution in [1.82, 2.24) is 5.32 Å². The maximum Gasteiger partial charge on any atom is 0.319 e. The van der Waals surface area contributed by atoms with E-state index in [9.17, 15) is 9.59 Å². The van der Waals surface area contributed by atoms with E-state index in [4.69, 9.17) is 10.8 Å². The molecule has 0 aliphatic carbocycles. The van der Waals surface area contributed by atoms with Gasteiger partial charge in [-0.25, -0.2) is 4.79 Å². The molecule has 0 saturated heterocycles. The van der Waals surface area contributed by atoms with Crippen molar-refractivity contribution in [2.45, 2.75) is 39.2 Å². The second-order valence-corrected chi connectivity index (χ2v) is 5.26. The van der Waals surface area contributed by atoms with Gasteiger partial charge in [-0.15, -0.1) is 0 Å². The molecule has 1 aromatic carbocycles. The smallest absolute Gasteiger partial charge is 0.319 e. The summed E-state index contributed by atoms with van der Waals surface area (Å²) >= 11 is 0. The minimum Gasteiger partial charge on any atom is -0.481 e. The Labute approximate surface area is 124 Å². The van der Waals surface area contributed by atoms with E-state index in [1.807, 2.05) is 6.92 Å². The van der Waals surface area contributed by atoms with Crippen LogP contribution in [0.3, 0.4) is 0 Å². The third kappa shape index (κ3) is 6.16. The van der Waals surface area contributed by atoms with Gasteiger partial charge < -0.3 is 21.5 Å². The second-order valence-electron chi connectivity index (χ2n) is 5.26. The summed E-state index contributed by atoms with van der Waals surface area (Å²) in [7, 11) is 0. The first-order chi connectivity index (χ1) is 9.90. The van der Waals surface area contributed by atoms with Crippen LogP contribution in [0.1, 0.15) is 33.1 Å². The first-order valence-corrected chi connectivity index (χ1v) is 7.05. The Kier molecular flexibility index (Phi) is 6.52. The Morgan fingerprint density at radius 2 is 1.90 bits per heavy atom. The molecule has 0 radical (unpaired) electrons. The molecule has 0 aromatic heterocycles. The molecule has 0 aliphatic rings. The molecule has 0 aliphatic heterocycles. The van der Waals surface area contributed by atoms with Crippen LogP contribution in [0.2, 0.25) is 0 Å². The fourth-order valence-corrected chi connectivity index (χ4v) is 1.92. The van der Waals surface area contributed by atoms with Crippen LogP contribution in [-0.4, -0.2) is 23.1 Å². The summed E-state index contributed by atoms with van der Waals surface area (Å²) in [4.78, 5) is 22.5. The first-order valence-electron chi connectivity index (χ1n) is 7.05. The topological polar surface area (TPSA) is 104 Å².